The van der Waals surface area contributed by atoms with E-state index in [1.54, 1.807) is 0 Å². The molecule has 0 heterocycles. The molecule has 0 aliphatic heterocycles. The van der Waals surface area contributed by atoms with Crippen molar-refractivity contribution in [3.8, 4) is 0 Å². The van der Waals surface area contributed by atoms with Crippen molar-refractivity contribution in [1.29, 1.82) is 0 Å². The number of phosphoric ester groups is 1. The van der Waals surface area contributed by atoms with Crippen molar-refractivity contribution in [3.05, 3.63) is 60.8 Å². The molecule has 1 N–H and O–H groups in total. The summed E-state index contributed by atoms with van der Waals surface area (Å²) in [5, 5.41) is 0. The number of ether oxygens (including phenoxy) is 2. The number of hydrogen-bond donors (Lipinski definition) is 1. The van der Waals surface area contributed by atoms with E-state index in [1.165, 1.54) is 141 Å². The number of unbranched alkanes of at least 4 members (excludes halogenated alkanes) is 23. The number of carbonyl (C=O) groups is 2. The second kappa shape index (κ2) is 45.8. The Morgan fingerprint density at radius 2 is 0.859 bits per heavy atom. The summed E-state index contributed by atoms with van der Waals surface area (Å²) in [7, 11) is 1.44. The molecular formula is C54H99NO8P+. The predicted octanol–water partition coefficient (Wildman–Crippen LogP) is 15.6. The minimum absolute atomic E-state index is 0.0195. The van der Waals surface area contributed by atoms with Crippen molar-refractivity contribution in [3.63, 3.8) is 0 Å². The highest BCUT2D eigenvalue weighted by Gasteiger charge is 2.27. The van der Waals surface area contributed by atoms with Crippen LogP contribution < -0.4 is 0 Å². The number of allylic oxidation sites excluding steroid dienone is 10. The highest BCUT2D eigenvalue weighted by Crippen LogP contribution is 2.43. The number of carbonyl (C=O) groups excluding carboxylic acids is 2. The molecule has 0 amide bonds. The van der Waals surface area contributed by atoms with Gasteiger partial charge in [-0.15, -0.1) is 0 Å². The third-order valence-electron chi connectivity index (χ3n) is 11.0. The number of likely N-dealkylation sites (N-methyl/N-ethyl adjacent to an activating group) is 1. The van der Waals surface area contributed by atoms with E-state index in [4.69, 9.17) is 18.5 Å². The van der Waals surface area contributed by atoms with Gasteiger partial charge in [-0.25, -0.2) is 4.57 Å². The summed E-state index contributed by atoms with van der Waals surface area (Å²) in [6.45, 7) is 4.37. The fourth-order valence-corrected chi connectivity index (χ4v) is 7.68. The molecule has 64 heavy (non-hydrogen) atoms. The second-order valence-corrected chi connectivity index (χ2v) is 20.0. The smallest absolute Gasteiger partial charge is 0.462 e. The highest BCUT2D eigenvalue weighted by molar-refractivity contribution is 7.47. The van der Waals surface area contributed by atoms with Crippen molar-refractivity contribution in [1.82, 2.24) is 0 Å². The van der Waals surface area contributed by atoms with Crippen LogP contribution in [-0.2, 0) is 32.7 Å². The van der Waals surface area contributed by atoms with E-state index in [1.807, 2.05) is 21.1 Å². The van der Waals surface area contributed by atoms with Crippen LogP contribution in [-0.4, -0.2) is 74.9 Å². The van der Waals surface area contributed by atoms with Gasteiger partial charge in [0.05, 0.1) is 27.7 Å². The first-order valence-electron chi connectivity index (χ1n) is 26.0. The Morgan fingerprint density at radius 1 is 0.484 bits per heavy atom. The van der Waals surface area contributed by atoms with Crippen molar-refractivity contribution in [2.45, 2.75) is 225 Å². The van der Waals surface area contributed by atoms with Crippen LogP contribution in [0.4, 0.5) is 0 Å². The van der Waals surface area contributed by atoms with Gasteiger partial charge in [0.1, 0.15) is 19.8 Å². The minimum Gasteiger partial charge on any atom is -0.462 e. The Labute approximate surface area is 394 Å². The zero-order valence-corrected chi connectivity index (χ0v) is 42.9. The highest BCUT2D eigenvalue weighted by atomic mass is 31.2. The summed E-state index contributed by atoms with van der Waals surface area (Å²) >= 11 is 0. The lowest BCUT2D eigenvalue weighted by molar-refractivity contribution is -0.870. The number of esters is 2. The molecule has 0 saturated carbocycles. The molecule has 1 unspecified atom stereocenters. The summed E-state index contributed by atoms with van der Waals surface area (Å²) < 4.78 is 34.4. The van der Waals surface area contributed by atoms with Crippen LogP contribution in [0.5, 0.6) is 0 Å². The molecule has 0 radical (unpaired) electrons. The van der Waals surface area contributed by atoms with E-state index in [-0.39, 0.29) is 32.0 Å². The van der Waals surface area contributed by atoms with Gasteiger partial charge in [0.25, 0.3) is 0 Å². The van der Waals surface area contributed by atoms with Gasteiger partial charge in [0, 0.05) is 12.8 Å². The van der Waals surface area contributed by atoms with Crippen LogP contribution in [0.2, 0.25) is 0 Å². The zero-order chi connectivity index (χ0) is 47.1. The van der Waals surface area contributed by atoms with Crippen molar-refractivity contribution >= 4 is 19.8 Å². The SMILES string of the molecule is CCCCCCCC/C=C/CCCCCCCCCCCC(=O)OC[C@H](COP(=O)(O)OCC[N+](C)(C)C)OC(=O)CCC/C=C/C/C=C/C/C=C/C/C=C/CCCCCCCCC. The number of hydrogen-bond acceptors (Lipinski definition) is 7. The van der Waals surface area contributed by atoms with E-state index in [9.17, 15) is 19.0 Å². The predicted molar refractivity (Wildman–Crippen MR) is 270 cm³/mol. The van der Waals surface area contributed by atoms with Gasteiger partial charge in [-0.05, 0) is 77.0 Å². The molecule has 0 bridgehead atoms. The summed E-state index contributed by atoms with van der Waals surface area (Å²) in [6, 6.07) is 0. The molecule has 372 valence electrons. The maximum atomic E-state index is 12.7. The van der Waals surface area contributed by atoms with Crippen LogP contribution in [0.15, 0.2) is 60.8 Å². The molecule has 2 atom stereocenters. The number of phosphoric acid groups is 1. The first-order valence-corrected chi connectivity index (χ1v) is 27.5. The van der Waals surface area contributed by atoms with Crippen LogP contribution in [0, 0.1) is 0 Å². The van der Waals surface area contributed by atoms with Crippen molar-refractivity contribution in [2.75, 3.05) is 47.5 Å². The van der Waals surface area contributed by atoms with Crippen LogP contribution >= 0.6 is 7.82 Å². The molecular weight excluding hydrogens is 822 g/mol. The maximum absolute atomic E-state index is 12.7. The second-order valence-electron chi connectivity index (χ2n) is 18.5. The quantitative estimate of drug-likeness (QED) is 0.0211. The van der Waals surface area contributed by atoms with Gasteiger partial charge >= 0.3 is 19.8 Å². The van der Waals surface area contributed by atoms with E-state index < -0.39 is 26.5 Å². The first kappa shape index (κ1) is 61.7. The average Bonchev–Trinajstić information content (AvgIpc) is 3.25. The standard InChI is InChI=1S/C54H98NO8P/c1-6-8-10-12-14-16-18-20-22-24-26-27-29-31-33-35-37-39-41-43-45-47-54(57)63-52(51-62-64(58,59)61-49-48-55(3,4)5)50-60-53(56)46-44-42-40-38-36-34-32-30-28-25-23-21-19-17-15-13-11-9-7-2/h21-24,27,29,33,35,39,41,52H,6-20,25-26,28,30-32,34,36-38,40,42-51H2,1-5H3/p+1/b23-21+,24-22+,29-27+,35-33+,41-39+/t52-/m1/s1. The Morgan fingerprint density at radius 3 is 1.31 bits per heavy atom. The van der Waals surface area contributed by atoms with Gasteiger partial charge in [0.15, 0.2) is 6.10 Å². The molecule has 0 saturated heterocycles. The van der Waals surface area contributed by atoms with Crippen molar-refractivity contribution in [2.24, 2.45) is 0 Å². The monoisotopic (exact) mass is 921 g/mol. The first-order chi connectivity index (χ1) is 31.0. The number of quaternary nitrogens is 1. The number of rotatable bonds is 47. The summed E-state index contributed by atoms with van der Waals surface area (Å²) in [5.74, 6) is -0.864. The molecule has 0 aliphatic rings. The van der Waals surface area contributed by atoms with E-state index in [0.717, 1.165) is 38.5 Å². The Balaban J connectivity index is 4.36. The molecule has 0 rings (SSSR count). The zero-order valence-electron chi connectivity index (χ0n) is 42.0. The Bertz CT molecular complexity index is 1270. The summed E-state index contributed by atoms with van der Waals surface area (Å²) in [6.07, 6.45) is 57.1. The molecule has 0 aromatic carbocycles. The lowest BCUT2D eigenvalue weighted by atomic mass is 10.1. The Kier molecular flexibility index (Phi) is 44.2. The summed E-state index contributed by atoms with van der Waals surface area (Å²) in [4.78, 5) is 35.5. The fourth-order valence-electron chi connectivity index (χ4n) is 6.94. The molecule has 0 spiro atoms. The van der Waals surface area contributed by atoms with E-state index >= 15 is 0 Å². The lowest BCUT2D eigenvalue weighted by Gasteiger charge is -2.24. The van der Waals surface area contributed by atoms with Crippen LogP contribution in [0.3, 0.4) is 0 Å². The van der Waals surface area contributed by atoms with Gasteiger partial charge in [0.2, 0.25) is 0 Å². The van der Waals surface area contributed by atoms with E-state index in [0.29, 0.717) is 23.9 Å². The van der Waals surface area contributed by atoms with Gasteiger partial charge in [-0.3, -0.25) is 18.6 Å². The minimum atomic E-state index is -4.40. The molecule has 0 fully saturated rings. The topological polar surface area (TPSA) is 108 Å². The maximum Gasteiger partial charge on any atom is 0.472 e. The fraction of sp³-hybridized carbons (Fsp3) is 0.778. The average molecular weight is 921 g/mol. The normalized spacial score (nSPS) is 13.9. The third-order valence-corrected chi connectivity index (χ3v) is 12.0. The van der Waals surface area contributed by atoms with Crippen LogP contribution in [0.1, 0.15) is 219 Å². The molecule has 0 aromatic heterocycles. The molecule has 10 heteroatoms. The summed E-state index contributed by atoms with van der Waals surface area (Å²) in [5.41, 5.74) is 0. The Hall–Kier alpha value is -2.29. The lowest BCUT2D eigenvalue weighted by Crippen LogP contribution is -2.37. The van der Waals surface area contributed by atoms with Gasteiger partial charge < -0.3 is 18.9 Å². The molecule has 9 nitrogen and oxygen atoms in total. The third kappa shape index (κ3) is 49.2. The van der Waals surface area contributed by atoms with Gasteiger partial charge in [-0.2, -0.15) is 0 Å². The van der Waals surface area contributed by atoms with Gasteiger partial charge in [-0.1, -0.05) is 190 Å². The molecule has 0 aromatic rings. The van der Waals surface area contributed by atoms with E-state index in [2.05, 4.69) is 74.6 Å². The van der Waals surface area contributed by atoms with Crippen LogP contribution in [0.25, 0.3) is 0 Å². The molecule has 0 aliphatic carbocycles. The van der Waals surface area contributed by atoms with Crippen molar-refractivity contribution < 1.29 is 42.1 Å². The largest absolute Gasteiger partial charge is 0.472 e. The number of nitrogens with zero attached hydrogens (tertiary/aromatic N) is 1.